The van der Waals surface area contributed by atoms with Gasteiger partial charge in [0.2, 0.25) is 5.91 Å². The van der Waals surface area contributed by atoms with Gasteiger partial charge in [-0.05, 0) is 26.7 Å². The number of nitrogens with zero attached hydrogens (tertiary/aromatic N) is 1. The van der Waals surface area contributed by atoms with E-state index in [1.54, 1.807) is 13.8 Å². The number of nitrogens with one attached hydrogen (secondary N) is 1. The molecule has 0 aromatic carbocycles. The number of anilines is 1. The summed E-state index contributed by atoms with van der Waals surface area (Å²) in [6.07, 6.45) is 2.56. The summed E-state index contributed by atoms with van der Waals surface area (Å²) in [6, 6.07) is 0. The molecule has 0 radical (unpaired) electrons. The molecule has 1 N–H and O–H groups in total. The lowest BCUT2D eigenvalue weighted by atomic mass is 9.79. The number of aryl methyl sites for hydroxylation is 1. The average Bonchev–Trinajstić information content (AvgIpc) is 2.88. The first kappa shape index (κ1) is 17.4. The molecule has 1 aromatic heterocycles. The number of hydrogen-bond donors (Lipinski definition) is 1. The van der Waals surface area contributed by atoms with Crippen molar-refractivity contribution in [2.75, 3.05) is 11.9 Å². The number of ether oxygens (including phenoxy) is 1. The van der Waals surface area contributed by atoms with Gasteiger partial charge in [0.05, 0.1) is 12.3 Å². The minimum absolute atomic E-state index is 0.257. The van der Waals surface area contributed by atoms with Crippen molar-refractivity contribution < 1.29 is 24.2 Å². The molecule has 2 rings (SSSR count). The SMILES string of the molecule is CCOC(=O)c1sc(NC(=O)[C@@H]2CCCC[C@@H]2C(=O)[O-])nc1C. The molecule has 1 aliphatic rings. The van der Waals surface area contributed by atoms with E-state index in [1.165, 1.54) is 0 Å². The van der Waals surface area contributed by atoms with Crippen molar-refractivity contribution >= 4 is 34.3 Å². The number of carboxylic acid groups (broad SMARTS) is 1. The van der Waals surface area contributed by atoms with Crippen molar-refractivity contribution in [1.82, 2.24) is 4.98 Å². The second-order valence-electron chi connectivity index (χ2n) is 5.46. The molecule has 0 aliphatic heterocycles. The second-order valence-corrected chi connectivity index (χ2v) is 6.46. The van der Waals surface area contributed by atoms with Crippen LogP contribution in [0, 0.1) is 18.8 Å². The summed E-state index contributed by atoms with van der Waals surface area (Å²) in [5.41, 5.74) is 0.476. The zero-order chi connectivity index (χ0) is 17.0. The van der Waals surface area contributed by atoms with Crippen LogP contribution in [0.25, 0.3) is 0 Å². The van der Waals surface area contributed by atoms with Gasteiger partial charge in [-0.15, -0.1) is 0 Å². The lowest BCUT2D eigenvalue weighted by Gasteiger charge is -2.30. The highest BCUT2D eigenvalue weighted by Gasteiger charge is 2.32. The number of carboxylic acids is 1. The highest BCUT2D eigenvalue weighted by Crippen LogP contribution is 2.31. The molecule has 0 spiro atoms. The molecule has 0 unspecified atom stereocenters. The predicted molar refractivity (Wildman–Crippen MR) is 81.9 cm³/mol. The third kappa shape index (κ3) is 4.07. The van der Waals surface area contributed by atoms with Crippen LogP contribution in [0.3, 0.4) is 0 Å². The fraction of sp³-hybridized carbons (Fsp3) is 0.600. The maximum Gasteiger partial charge on any atom is 0.350 e. The van der Waals surface area contributed by atoms with E-state index >= 15 is 0 Å². The molecule has 126 valence electrons. The standard InChI is InChI=1S/C15H20N2O5S/c1-3-22-14(21)11-8(2)16-15(23-11)17-12(18)9-6-4-5-7-10(9)13(19)20/h9-10H,3-7H2,1-2H3,(H,19,20)(H,16,17,18)/p-1/t9-,10+/m1/s1. The molecule has 0 saturated heterocycles. The summed E-state index contributed by atoms with van der Waals surface area (Å²) < 4.78 is 4.92. The van der Waals surface area contributed by atoms with E-state index in [-0.39, 0.29) is 17.6 Å². The Balaban J connectivity index is 2.09. The molecule has 8 heteroatoms. The van der Waals surface area contributed by atoms with E-state index in [0.29, 0.717) is 23.4 Å². The Hall–Kier alpha value is -1.96. The lowest BCUT2D eigenvalue weighted by molar-refractivity contribution is -0.313. The van der Waals surface area contributed by atoms with Gasteiger partial charge in [0.1, 0.15) is 4.88 Å². The molecule has 1 amide bonds. The van der Waals surface area contributed by atoms with E-state index in [9.17, 15) is 19.5 Å². The quantitative estimate of drug-likeness (QED) is 0.805. The van der Waals surface area contributed by atoms with Crippen molar-refractivity contribution in [2.24, 2.45) is 11.8 Å². The normalized spacial score (nSPS) is 20.8. The maximum atomic E-state index is 12.3. The molecule has 2 atom stereocenters. The zero-order valence-corrected chi connectivity index (χ0v) is 13.9. The van der Waals surface area contributed by atoms with E-state index < -0.39 is 23.8 Å². The molecule has 7 nitrogen and oxygen atoms in total. The van der Waals surface area contributed by atoms with Crippen molar-refractivity contribution in [1.29, 1.82) is 0 Å². The molecular formula is C15H19N2O5S-. The third-order valence-electron chi connectivity index (χ3n) is 3.89. The largest absolute Gasteiger partial charge is 0.550 e. The molecule has 1 aliphatic carbocycles. The smallest absolute Gasteiger partial charge is 0.350 e. The van der Waals surface area contributed by atoms with Crippen molar-refractivity contribution in [3.05, 3.63) is 10.6 Å². The van der Waals surface area contributed by atoms with Gasteiger partial charge in [0.25, 0.3) is 0 Å². The maximum absolute atomic E-state index is 12.3. The van der Waals surface area contributed by atoms with Crippen LogP contribution >= 0.6 is 11.3 Å². The van der Waals surface area contributed by atoms with Crippen LogP contribution in [-0.2, 0) is 14.3 Å². The molecule has 0 bridgehead atoms. The summed E-state index contributed by atoms with van der Waals surface area (Å²) in [5.74, 6) is -3.44. The predicted octanol–water partition coefficient (Wildman–Crippen LogP) is 1.12. The van der Waals surface area contributed by atoms with Gasteiger partial charge in [-0.2, -0.15) is 0 Å². The number of amides is 1. The molecule has 1 heterocycles. The number of aliphatic carboxylic acids is 1. The van der Waals surface area contributed by atoms with Crippen LogP contribution in [0.4, 0.5) is 5.13 Å². The lowest BCUT2D eigenvalue weighted by Crippen LogP contribution is -2.42. The highest BCUT2D eigenvalue weighted by molar-refractivity contribution is 7.17. The second kappa shape index (κ2) is 7.54. The Morgan fingerprint density at radius 1 is 1.30 bits per heavy atom. The highest BCUT2D eigenvalue weighted by atomic mass is 32.1. The van der Waals surface area contributed by atoms with Crippen molar-refractivity contribution in [3.63, 3.8) is 0 Å². The van der Waals surface area contributed by atoms with Gasteiger partial charge in [-0.25, -0.2) is 9.78 Å². The van der Waals surface area contributed by atoms with E-state index in [1.807, 2.05) is 0 Å². The summed E-state index contributed by atoms with van der Waals surface area (Å²) in [4.78, 5) is 39.8. The average molecular weight is 339 g/mol. The van der Waals surface area contributed by atoms with Gasteiger partial charge >= 0.3 is 5.97 Å². The first-order valence-electron chi connectivity index (χ1n) is 7.60. The van der Waals surface area contributed by atoms with Crippen LogP contribution in [-0.4, -0.2) is 29.4 Å². The molecule has 23 heavy (non-hydrogen) atoms. The Morgan fingerprint density at radius 3 is 2.57 bits per heavy atom. The first-order valence-corrected chi connectivity index (χ1v) is 8.42. The number of carbonyl (C=O) groups is 3. The fourth-order valence-corrected chi connectivity index (χ4v) is 3.62. The van der Waals surface area contributed by atoms with Crippen LogP contribution in [0.2, 0.25) is 0 Å². The number of rotatable bonds is 5. The molecular weight excluding hydrogens is 320 g/mol. The number of aromatic nitrogens is 1. The monoisotopic (exact) mass is 339 g/mol. The van der Waals surface area contributed by atoms with E-state index in [0.717, 1.165) is 24.2 Å². The van der Waals surface area contributed by atoms with Gasteiger partial charge in [-0.1, -0.05) is 24.2 Å². The van der Waals surface area contributed by atoms with Crippen molar-refractivity contribution in [2.45, 2.75) is 39.5 Å². The summed E-state index contributed by atoms with van der Waals surface area (Å²) in [5, 5.41) is 14.1. The van der Waals surface area contributed by atoms with Gasteiger partial charge < -0.3 is 20.0 Å². The van der Waals surface area contributed by atoms with Crippen LogP contribution in [0.5, 0.6) is 0 Å². The summed E-state index contributed by atoms with van der Waals surface area (Å²) in [6.45, 7) is 3.62. The topological polar surface area (TPSA) is 108 Å². The van der Waals surface area contributed by atoms with E-state index in [4.69, 9.17) is 4.74 Å². The number of carbonyl (C=O) groups excluding carboxylic acids is 3. The molecule has 1 aromatic rings. The molecule has 1 saturated carbocycles. The zero-order valence-electron chi connectivity index (χ0n) is 13.1. The van der Waals surface area contributed by atoms with Crippen LogP contribution < -0.4 is 10.4 Å². The number of esters is 1. The molecule has 1 fully saturated rings. The minimum atomic E-state index is -1.19. The van der Waals surface area contributed by atoms with Gasteiger partial charge in [-0.3, -0.25) is 4.79 Å². The van der Waals surface area contributed by atoms with Gasteiger partial charge in [0, 0.05) is 17.8 Å². The Labute approximate surface area is 138 Å². The summed E-state index contributed by atoms with van der Waals surface area (Å²) in [7, 11) is 0. The first-order chi connectivity index (χ1) is 10.9. The minimum Gasteiger partial charge on any atom is -0.550 e. The Morgan fingerprint density at radius 2 is 1.96 bits per heavy atom. The Bertz CT molecular complexity index is 613. The van der Waals surface area contributed by atoms with Gasteiger partial charge in [0.15, 0.2) is 5.13 Å². The Kier molecular flexibility index (Phi) is 5.70. The third-order valence-corrected chi connectivity index (χ3v) is 4.95. The van der Waals surface area contributed by atoms with Crippen LogP contribution in [0.1, 0.15) is 48.0 Å². The van der Waals surface area contributed by atoms with Crippen LogP contribution in [0.15, 0.2) is 0 Å². The summed E-state index contributed by atoms with van der Waals surface area (Å²) >= 11 is 1.03. The number of hydrogen-bond acceptors (Lipinski definition) is 7. The van der Waals surface area contributed by atoms with E-state index in [2.05, 4.69) is 10.3 Å². The number of thiazole rings is 1. The van der Waals surface area contributed by atoms with Crippen molar-refractivity contribution in [3.8, 4) is 0 Å². The fourth-order valence-electron chi connectivity index (χ4n) is 2.76.